The first-order valence-corrected chi connectivity index (χ1v) is 8.22. The lowest BCUT2D eigenvalue weighted by molar-refractivity contribution is 0.0519. The molecule has 0 bridgehead atoms. The van der Waals surface area contributed by atoms with Gasteiger partial charge in [0, 0.05) is 18.9 Å². The number of carbonyl (C=O) groups is 1. The SMILES string of the molecule is COc1nccnc1OC1CCCN(C(=O)c2ccc(F)cc2Cl)C1. The largest absolute Gasteiger partial charge is 0.477 e. The summed E-state index contributed by atoms with van der Waals surface area (Å²) in [5.41, 5.74) is 0.279. The van der Waals surface area contributed by atoms with Gasteiger partial charge in [0.15, 0.2) is 0 Å². The number of carbonyl (C=O) groups excluding carboxylic acids is 1. The highest BCUT2D eigenvalue weighted by atomic mass is 35.5. The molecule has 1 saturated heterocycles. The second-order valence-electron chi connectivity index (χ2n) is 5.63. The summed E-state index contributed by atoms with van der Waals surface area (Å²) in [6.07, 6.45) is 4.35. The predicted octanol–water partition coefficient (Wildman–Crippen LogP) is 2.96. The van der Waals surface area contributed by atoms with Crippen LogP contribution in [0.15, 0.2) is 30.6 Å². The van der Waals surface area contributed by atoms with Crippen LogP contribution in [-0.2, 0) is 0 Å². The molecule has 3 rings (SSSR count). The summed E-state index contributed by atoms with van der Waals surface area (Å²) in [7, 11) is 1.49. The minimum atomic E-state index is -0.476. The minimum absolute atomic E-state index is 0.101. The number of aromatic nitrogens is 2. The zero-order chi connectivity index (χ0) is 17.8. The van der Waals surface area contributed by atoms with E-state index in [1.807, 2.05) is 0 Å². The van der Waals surface area contributed by atoms with Crippen molar-refractivity contribution in [2.45, 2.75) is 18.9 Å². The number of halogens is 2. The van der Waals surface area contributed by atoms with Gasteiger partial charge < -0.3 is 14.4 Å². The standard InChI is InChI=1S/C17H17ClFN3O3/c1-24-15-16(21-7-6-20-15)25-12-3-2-8-22(10-12)17(23)13-5-4-11(19)9-14(13)18/h4-7,9,12H,2-3,8,10H2,1H3. The van der Waals surface area contributed by atoms with Crippen LogP contribution in [0.3, 0.4) is 0 Å². The van der Waals surface area contributed by atoms with Crippen molar-refractivity contribution >= 4 is 17.5 Å². The molecule has 132 valence electrons. The molecule has 1 amide bonds. The van der Waals surface area contributed by atoms with Crippen molar-refractivity contribution in [3.05, 3.63) is 47.0 Å². The molecule has 1 atom stereocenters. The summed E-state index contributed by atoms with van der Waals surface area (Å²) in [5, 5.41) is 0.101. The zero-order valence-electron chi connectivity index (χ0n) is 13.6. The molecule has 1 aromatic carbocycles. The van der Waals surface area contributed by atoms with Crippen LogP contribution in [0.1, 0.15) is 23.2 Å². The molecule has 1 aromatic heterocycles. The van der Waals surface area contributed by atoms with Crippen molar-refractivity contribution < 1.29 is 18.7 Å². The van der Waals surface area contributed by atoms with Crippen LogP contribution in [0, 0.1) is 5.82 Å². The highest BCUT2D eigenvalue weighted by Gasteiger charge is 2.28. The molecular weight excluding hydrogens is 349 g/mol. The van der Waals surface area contributed by atoms with Crippen molar-refractivity contribution in [2.24, 2.45) is 0 Å². The quantitative estimate of drug-likeness (QED) is 0.833. The molecule has 0 radical (unpaired) electrons. The van der Waals surface area contributed by atoms with Gasteiger partial charge in [-0.05, 0) is 31.0 Å². The Labute approximate surface area is 149 Å². The molecule has 0 saturated carbocycles. The molecule has 2 heterocycles. The van der Waals surface area contributed by atoms with E-state index in [4.69, 9.17) is 21.1 Å². The molecule has 2 aromatic rings. The Morgan fingerprint density at radius 2 is 2.08 bits per heavy atom. The Kier molecular flexibility index (Phi) is 5.33. The third-order valence-corrected chi connectivity index (χ3v) is 4.24. The van der Waals surface area contributed by atoms with Gasteiger partial charge in [-0.3, -0.25) is 4.79 Å². The van der Waals surface area contributed by atoms with Crippen LogP contribution in [0.4, 0.5) is 4.39 Å². The van der Waals surface area contributed by atoms with Crippen LogP contribution in [-0.4, -0.2) is 47.1 Å². The van der Waals surface area contributed by atoms with Crippen molar-refractivity contribution in [1.82, 2.24) is 14.9 Å². The number of benzene rings is 1. The fourth-order valence-electron chi connectivity index (χ4n) is 2.74. The van der Waals surface area contributed by atoms with Gasteiger partial charge >= 0.3 is 0 Å². The van der Waals surface area contributed by atoms with Gasteiger partial charge in [0.1, 0.15) is 11.9 Å². The zero-order valence-corrected chi connectivity index (χ0v) is 14.4. The first-order valence-electron chi connectivity index (χ1n) is 7.84. The van der Waals surface area contributed by atoms with Crippen LogP contribution < -0.4 is 9.47 Å². The Bertz CT molecular complexity index is 775. The number of methoxy groups -OCH3 is 1. The number of hydrogen-bond acceptors (Lipinski definition) is 5. The molecule has 0 aliphatic carbocycles. The van der Waals surface area contributed by atoms with Crippen molar-refractivity contribution in [3.8, 4) is 11.8 Å². The number of likely N-dealkylation sites (tertiary alicyclic amines) is 1. The van der Waals surface area contributed by atoms with E-state index in [0.717, 1.165) is 18.9 Å². The Balaban J connectivity index is 1.71. The van der Waals surface area contributed by atoms with Crippen LogP contribution in [0.25, 0.3) is 0 Å². The third kappa shape index (κ3) is 3.99. The van der Waals surface area contributed by atoms with E-state index in [1.165, 1.54) is 31.6 Å². The Hall–Kier alpha value is -2.41. The molecule has 25 heavy (non-hydrogen) atoms. The smallest absolute Gasteiger partial charge is 0.278 e. The van der Waals surface area contributed by atoms with E-state index in [1.54, 1.807) is 4.90 Å². The van der Waals surface area contributed by atoms with Gasteiger partial charge in [-0.25, -0.2) is 14.4 Å². The summed E-state index contributed by atoms with van der Waals surface area (Å²) in [5.74, 6) is -0.128. The molecule has 0 spiro atoms. The average Bonchev–Trinajstić information content (AvgIpc) is 2.62. The lowest BCUT2D eigenvalue weighted by Gasteiger charge is -2.32. The maximum atomic E-state index is 13.2. The van der Waals surface area contributed by atoms with Gasteiger partial charge in [-0.15, -0.1) is 0 Å². The fourth-order valence-corrected chi connectivity index (χ4v) is 2.99. The molecule has 1 fully saturated rings. The van der Waals surface area contributed by atoms with Crippen molar-refractivity contribution in [3.63, 3.8) is 0 Å². The lowest BCUT2D eigenvalue weighted by Crippen LogP contribution is -2.44. The Morgan fingerprint density at radius 3 is 2.80 bits per heavy atom. The number of ether oxygens (including phenoxy) is 2. The van der Waals surface area contributed by atoms with Crippen molar-refractivity contribution in [1.29, 1.82) is 0 Å². The molecular formula is C17H17ClFN3O3. The lowest BCUT2D eigenvalue weighted by atomic mass is 10.1. The summed E-state index contributed by atoms with van der Waals surface area (Å²) in [6, 6.07) is 3.76. The van der Waals surface area contributed by atoms with E-state index in [9.17, 15) is 9.18 Å². The van der Waals surface area contributed by atoms with Gasteiger partial charge in [-0.2, -0.15) is 0 Å². The highest BCUT2D eigenvalue weighted by Crippen LogP contribution is 2.25. The minimum Gasteiger partial charge on any atom is -0.477 e. The maximum absolute atomic E-state index is 13.2. The number of piperidine rings is 1. The van der Waals surface area contributed by atoms with Gasteiger partial charge in [0.25, 0.3) is 17.7 Å². The van der Waals surface area contributed by atoms with E-state index in [2.05, 4.69) is 9.97 Å². The highest BCUT2D eigenvalue weighted by molar-refractivity contribution is 6.33. The molecule has 1 aliphatic heterocycles. The summed E-state index contributed by atoms with van der Waals surface area (Å²) < 4.78 is 24.2. The van der Waals surface area contributed by atoms with Crippen LogP contribution in [0.2, 0.25) is 5.02 Å². The van der Waals surface area contributed by atoms with E-state index >= 15 is 0 Å². The number of rotatable bonds is 4. The summed E-state index contributed by atoms with van der Waals surface area (Å²) in [4.78, 5) is 22.5. The topological polar surface area (TPSA) is 64.6 Å². The maximum Gasteiger partial charge on any atom is 0.278 e. The second-order valence-corrected chi connectivity index (χ2v) is 6.04. The van der Waals surface area contributed by atoms with Gasteiger partial charge in [0.05, 0.1) is 24.2 Å². The van der Waals surface area contributed by atoms with Gasteiger partial charge in [0.2, 0.25) is 0 Å². The number of amides is 1. The van der Waals surface area contributed by atoms with E-state index < -0.39 is 5.82 Å². The number of hydrogen-bond donors (Lipinski definition) is 0. The van der Waals surface area contributed by atoms with Gasteiger partial charge in [-0.1, -0.05) is 11.6 Å². The second kappa shape index (κ2) is 7.65. The third-order valence-electron chi connectivity index (χ3n) is 3.93. The normalized spacial score (nSPS) is 17.2. The number of nitrogens with zero attached hydrogens (tertiary/aromatic N) is 3. The summed E-state index contributed by atoms with van der Waals surface area (Å²) >= 11 is 6.00. The van der Waals surface area contributed by atoms with Crippen molar-refractivity contribution in [2.75, 3.05) is 20.2 Å². The fraction of sp³-hybridized carbons (Fsp3) is 0.353. The summed E-state index contributed by atoms with van der Waals surface area (Å²) in [6.45, 7) is 0.969. The monoisotopic (exact) mass is 365 g/mol. The molecule has 1 aliphatic rings. The van der Waals surface area contributed by atoms with E-state index in [0.29, 0.717) is 24.8 Å². The van der Waals surface area contributed by atoms with E-state index in [-0.39, 0.29) is 22.6 Å². The van der Waals surface area contributed by atoms with Crippen LogP contribution in [0.5, 0.6) is 11.8 Å². The molecule has 8 heteroatoms. The predicted molar refractivity (Wildman–Crippen MR) is 89.5 cm³/mol. The average molecular weight is 366 g/mol. The van der Waals surface area contributed by atoms with Crippen LogP contribution >= 0.6 is 11.6 Å². The Morgan fingerprint density at radius 1 is 1.32 bits per heavy atom. The first-order chi connectivity index (χ1) is 12.1. The molecule has 6 nitrogen and oxygen atoms in total. The first kappa shape index (κ1) is 17.4. The molecule has 1 unspecified atom stereocenters. The molecule has 0 N–H and O–H groups in total.